The molecule has 0 fully saturated rings. The Morgan fingerprint density at radius 3 is 2.58 bits per heavy atom. The molecule has 0 bridgehead atoms. The number of carbonyl (C=O) groups is 2. The number of amides is 2. The third kappa shape index (κ3) is 5.54. The number of nitrogens with zero attached hydrogens (tertiary/aromatic N) is 2. The Morgan fingerprint density at radius 1 is 1.37 bits per heavy atom. The van der Waals surface area contributed by atoms with Crippen LogP contribution in [0.25, 0.3) is 0 Å². The third-order valence-electron chi connectivity index (χ3n) is 2.73. The van der Waals surface area contributed by atoms with Crippen LogP contribution in [0, 0.1) is 19.8 Å². The quantitative estimate of drug-likeness (QED) is 0.782. The van der Waals surface area contributed by atoms with Crippen molar-refractivity contribution < 1.29 is 9.59 Å². The first-order chi connectivity index (χ1) is 8.88. The number of rotatable bonds is 6. The van der Waals surface area contributed by atoms with Crippen molar-refractivity contribution in [2.45, 2.75) is 34.2 Å². The Kier molecular flexibility index (Phi) is 5.54. The molecule has 1 atom stereocenters. The van der Waals surface area contributed by atoms with E-state index in [1.54, 1.807) is 0 Å². The van der Waals surface area contributed by atoms with Gasteiger partial charge in [-0.2, -0.15) is 5.10 Å². The van der Waals surface area contributed by atoms with Gasteiger partial charge in [-0.3, -0.25) is 14.3 Å². The molecule has 2 amide bonds. The van der Waals surface area contributed by atoms with Crippen LogP contribution in [0.2, 0.25) is 0 Å². The molecule has 0 radical (unpaired) electrons. The van der Waals surface area contributed by atoms with E-state index in [0.29, 0.717) is 6.54 Å². The van der Waals surface area contributed by atoms with Crippen LogP contribution in [0.1, 0.15) is 25.2 Å². The molecule has 0 aliphatic rings. The van der Waals surface area contributed by atoms with E-state index in [4.69, 9.17) is 0 Å². The lowest BCUT2D eigenvalue weighted by Crippen LogP contribution is -2.38. The van der Waals surface area contributed by atoms with Gasteiger partial charge in [0.05, 0.1) is 12.2 Å². The van der Waals surface area contributed by atoms with Crippen molar-refractivity contribution in [1.29, 1.82) is 0 Å². The van der Waals surface area contributed by atoms with E-state index in [2.05, 4.69) is 22.7 Å². The van der Waals surface area contributed by atoms with Crippen molar-refractivity contribution in [2.75, 3.05) is 13.1 Å². The monoisotopic (exact) mass is 266 g/mol. The molecule has 2 N–H and O–H groups in total. The Morgan fingerprint density at radius 2 is 2.05 bits per heavy atom. The molecule has 0 saturated carbocycles. The van der Waals surface area contributed by atoms with Gasteiger partial charge in [-0.15, -0.1) is 0 Å². The van der Waals surface area contributed by atoms with Gasteiger partial charge in [-0.25, -0.2) is 0 Å². The first-order valence-corrected chi connectivity index (χ1v) is 6.40. The van der Waals surface area contributed by atoms with Gasteiger partial charge < -0.3 is 10.6 Å². The second-order valence-electron chi connectivity index (χ2n) is 4.93. The SMILES string of the molecule is CC(=O)NCC(=O)NCC(C)Cn1nc(C)cc1C. The first-order valence-electron chi connectivity index (χ1n) is 6.40. The summed E-state index contributed by atoms with van der Waals surface area (Å²) in [6.07, 6.45) is 0. The molecule has 6 heteroatoms. The molecular formula is C13H22N4O2. The topological polar surface area (TPSA) is 76.0 Å². The number of carbonyl (C=O) groups excluding carboxylic acids is 2. The van der Waals surface area contributed by atoms with E-state index >= 15 is 0 Å². The molecule has 0 aromatic carbocycles. The highest BCUT2D eigenvalue weighted by Crippen LogP contribution is 2.05. The van der Waals surface area contributed by atoms with E-state index in [0.717, 1.165) is 17.9 Å². The minimum Gasteiger partial charge on any atom is -0.354 e. The van der Waals surface area contributed by atoms with E-state index < -0.39 is 0 Å². The highest BCUT2D eigenvalue weighted by molar-refractivity contribution is 5.83. The highest BCUT2D eigenvalue weighted by Gasteiger charge is 2.09. The van der Waals surface area contributed by atoms with Crippen LogP contribution in [0.3, 0.4) is 0 Å². The fourth-order valence-electron chi connectivity index (χ4n) is 1.77. The molecule has 1 heterocycles. The Hall–Kier alpha value is -1.85. The summed E-state index contributed by atoms with van der Waals surface area (Å²) < 4.78 is 1.94. The summed E-state index contributed by atoms with van der Waals surface area (Å²) in [5.41, 5.74) is 2.12. The third-order valence-corrected chi connectivity index (χ3v) is 2.73. The zero-order chi connectivity index (χ0) is 14.4. The van der Waals surface area contributed by atoms with Crippen molar-refractivity contribution in [3.63, 3.8) is 0 Å². The zero-order valence-electron chi connectivity index (χ0n) is 12.0. The zero-order valence-corrected chi connectivity index (χ0v) is 12.0. The van der Waals surface area contributed by atoms with Gasteiger partial charge in [0, 0.05) is 25.7 Å². The van der Waals surface area contributed by atoms with Gasteiger partial charge >= 0.3 is 0 Å². The standard InChI is InChI=1S/C13H22N4O2/c1-9(6-15-13(19)7-14-12(4)18)8-17-11(3)5-10(2)16-17/h5,9H,6-8H2,1-4H3,(H,14,18)(H,15,19). The van der Waals surface area contributed by atoms with Gasteiger partial charge in [0.25, 0.3) is 0 Å². The minimum absolute atomic E-state index is 0.0297. The lowest BCUT2D eigenvalue weighted by Gasteiger charge is -2.14. The summed E-state index contributed by atoms with van der Waals surface area (Å²) in [4.78, 5) is 22.1. The average molecular weight is 266 g/mol. The van der Waals surface area contributed by atoms with Crippen LogP contribution < -0.4 is 10.6 Å². The molecule has 0 aliphatic heterocycles. The predicted molar refractivity (Wildman–Crippen MR) is 72.6 cm³/mol. The molecule has 0 spiro atoms. The summed E-state index contributed by atoms with van der Waals surface area (Å²) in [7, 11) is 0. The van der Waals surface area contributed by atoms with E-state index in [1.807, 2.05) is 24.6 Å². The molecule has 1 unspecified atom stereocenters. The first kappa shape index (κ1) is 15.2. The fourth-order valence-corrected chi connectivity index (χ4v) is 1.77. The van der Waals surface area contributed by atoms with Crippen LogP contribution in [-0.2, 0) is 16.1 Å². The molecule has 1 rings (SSSR count). The smallest absolute Gasteiger partial charge is 0.239 e. The van der Waals surface area contributed by atoms with Crippen LogP contribution >= 0.6 is 0 Å². The second-order valence-corrected chi connectivity index (χ2v) is 4.93. The molecule has 106 valence electrons. The highest BCUT2D eigenvalue weighted by atomic mass is 16.2. The largest absolute Gasteiger partial charge is 0.354 e. The number of nitrogens with one attached hydrogen (secondary N) is 2. The maximum absolute atomic E-state index is 11.4. The maximum Gasteiger partial charge on any atom is 0.239 e. The van der Waals surface area contributed by atoms with Crippen LogP contribution in [0.4, 0.5) is 0 Å². The van der Waals surface area contributed by atoms with Gasteiger partial charge in [-0.1, -0.05) is 6.92 Å². The van der Waals surface area contributed by atoms with E-state index in [9.17, 15) is 9.59 Å². The van der Waals surface area contributed by atoms with Crippen molar-refractivity contribution in [1.82, 2.24) is 20.4 Å². The predicted octanol–water partition coefficient (Wildman–Crippen LogP) is 0.388. The van der Waals surface area contributed by atoms with Crippen LogP contribution in [0.5, 0.6) is 0 Å². The van der Waals surface area contributed by atoms with Crippen LogP contribution in [-0.4, -0.2) is 34.7 Å². The molecule has 19 heavy (non-hydrogen) atoms. The Bertz CT molecular complexity index is 453. The van der Waals surface area contributed by atoms with Gasteiger partial charge in [0.15, 0.2) is 0 Å². The molecule has 1 aromatic rings. The molecular weight excluding hydrogens is 244 g/mol. The van der Waals surface area contributed by atoms with E-state index in [1.165, 1.54) is 6.92 Å². The number of aromatic nitrogens is 2. The van der Waals surface area contributed by atoms with Crippen molar-refractivity contribution in [3.05, 3.63) is 17.5 Å². The summed E-state index contributed by atoms with van der Waals surface area (Å²) in [6.45, 7) is 8.78. The average Bonchev–Trinajstić information content (AvgIpc) is 2.62. The number of aryl methyl sites for hydroxylation is 2. The van der Waals surface area contributed by atoms with Crippen LogP contribution in [0.15, 0.2) is 6.07 Å². The summed E-state index contributed by atoms with van der Waals surface area (Å²) in [5, 5.41) is 9.64. The lowest BCUT2D eigenvalue weighted by molar-refractivity contribution is -0.125. The number of hydrogen-bond acceptors (Lipinski definition) is 3. The Labute approximate surface area is 113 Å². The summed E-state index contributed by atoms with van der Waals surface area (Å²) >= 11 is 0. The fraction of sp³-hybridized carbons (Fsp3) is 0.615. The van der Waals surface area contributed by atoms with Crippen molar-refractivity contribution in [2.24, 2.45) is 5.92 Å². The van der Waals surface area contributed by atoms with E-state index in [-0.39, 0.29) is 24.3 Å². The molecule has 0 saturated heterocycles. The molecule has 6 nitrogen and oxygen atoms in total. The second kappa shape index (κ2) is 6.92. The van der Waals surface area contributed by atoms with Gasteiger partial charge in [0.1, 0.15) is 0 Å². The normalized spacial score (nSPS) is 12.0. The Balaban J connectivity index is 2.31. The lowest BCUT2D eigenvalue weighted by atomic mass is 10.2. The van der Waals surface area contributed by atoms with Gasteiger partial charge in [-0.05, 0) is 25.8 Å². The summed E-state index contributed by atoms with van der Waals surface area (Å²) in [5.74, 6) is -0.0967. The number of hydrogen-bond donors (Lipinski definition) is 2. The molecule has 1 aromatic heterocycles. The minimum atomic E-state index is -0.203. The van der Waals surface area contributed by atoms with Crippen molar-refractivity contribution in [3.8, 4) is 0 Å². The maximum atomic E-state index is 11.4. The van der Waals surface area contributed by atoms with Crippen molar-refractivity contribution >= 4 is 11.8 Å². The summed E-state index contributed by atoms with van der Waals surface area (Å²) in [6, 6.07) is 2.03. The molecule has 0 aliphatic carbocycles. The van der Waals surface area contributed by atoms with Gasteiger partial charge in [0.2, 0.25) is 11.8 Å².